The van der Waals surface area contributed by atoms with Crippen molar-refractivity contribution in [3.05, 3.63) is 63.6 Å². The Hall–Kier alpha value is -1.51. The third-order valence-electron chi connectivity index (χ3n) is 3.16. The molecule has 2 nitrogen and oxygen atoms in total. The lowest BCUT2D eigenvalue weighted by Gasteiger charge is -2.11. The zero-order valence-electron chi connectivity index (χ0n) is 9.90. The van der Waals surface area contributed by atoms with Gasteiger partial charge in [0.1, 0.15) is 5.75 Å². The van der Waals surface area contributed by atoms with E-state index in [0.717, 1.165) is 11.3 Å². The molecule has 19 heavy (non-hydrogen) atoms. The number of Topliss-reactive ketones (excluding diaryl/α,β-unsaturated/α-hetero) is 1. The Kier molecular flexibility index (Phi) is 3.21. The second-order valence-electron chi connectivity index (χ2n) is 4.38. The molecule has 0 aliphatic carbocycles. The summed E-state index contributed by atoms with van der Waals surface area (Å²) in [6.45, 7) is 0. The first-order valence-electron chi connectivity index (χ1n) is 5.89. The lowest BCUT2D eigenvalue weighted by molar-refractivity contribution is 0.0825. The number of hydrogen-bond acceptors (Lipinski definition) is 2. The molecule has 0 saturated heterocycles. The van der Waals surface area contributed by atoms with Gasteiger partial charge in [-0.05, 0) is 23.8 Å². The molecule has 0 saturated carbocycles. The second kappa shape index (κ2) is 4.87. The van der Waals surface area contributed by atoms with Crippen LogP contribution in [0.5, 0.6) is 5.75 Å². The summed E-state index contributed by atoms with van der Waals surface area (Å²) in [4.78, 5) is 12.4. The van der Waals surface area contributed by atoms with Crippen molar-refractivity contribution < 1.29 is 9.53 Å². The number of benzene rings is 2. The van der Waals surface area contributed by atoms with Gasteiger partial charge < -0.3 is 4.74 Å². The maximum absolute atomic E-state index is 12.4. The molecular formula is C15H10Cl2O2. The van der Waals surface area contributed by atoms with E-state index in [-0.39, 0.29) is 10.8 Å². The third-order valence-corrected chi connectivity index (χ3v) is 3.98. The number of ether oxygens (including phenoxy) is 1. The Bertz CT molecular complexity index is 627. The van der Waals surface area contributed by atoms with Crippen molar-refractivity contribution in [1.29, 1.82) is 0 Å². The maximum Gasteiger partial charge on any atom is 0.205 e. The Morgan fingerprint density at radius 1 is 1.11 bits per heavy atom. The number of carbonyl (C=O) groups excluding carboxylic acids is 1. The van der Waals surface area contributed by atoms with Gasteiger partial charge in [-0.15, -0.1) is 0 Å². The minimum atomic E-state index is -0.520. The monoisotopic (exact) mass is 292 g/mol. The maximum atomic E-state index is 12.4. The number of para-hydroxylation sites is 1. The Morgan fingerprint density at radius 3 is 2.68 bits per heavy atom. The average molecular weight is 293 g/mol. The largest absolute Gasteiger partial charge is 0.482 e. The zero-order valence-corrected chi connectivity index (χ0v) is 11.4. The van der Waals surface area contributed by atoms with E-state index in [1.807, 2.05) is 24.3 Å². The van der Waals surface area contributed by atoms with Crippen LogP contribution in [-0.4, -0.2) is 11.9 Å². The van der Waals surface area contributed by atoms with Crippen LogP contribution in [-0.2, 0) is 6.42 Å². The number of ketones is 1. The number of fused-ring (bicyclic) bond motifs is 1. The Morgan fingerprint density at radius 2 is 1.89 bits per heavy atom. The van der Waals surface area contributed by atoms with Gasteiger partial charge in [0.25, 0.3) is 0 Å². The molecule has 3 rings (SSSR count). The van der Waals surface area contributed by atoms with Gasteiger partial charge in [-0.2, -0.15) is 0 Å². The molecule has 96 valence electrons. The summed E-state index contributed by atoms with van der Waals surface area (Å²) in [5.41, 5.74) is 1.45. The van der Waals surface area contributed by atoms with Gasteiger partial charge in [0.2, 0.25) is 5.78 Å². The number of carbonyl (C=O) groups is 1. The summed E-state index contributed by atoms with van der Waals surface area (Å²) in [6.07, 6.45) is 0.0473. The summed E-state index contributed by atoms with van der Waals surface area (Å²) >= 11 is 12.0. The highest BCUT2D eigenvalue weighted by molar-refractivity contribution is 6.44. The van der Waals surface area contributed by atoms with Crippen molar-refractivity contribution in [2.24, 2.45) is 0 Å². The molecular weight excluding hydrogens is 283 g/mol. The van der Waals surface area contributed by atoms with E-state index < -0.39 is 6.10 Å². The van der Waals surface area contributed by atoms with Crippen molar-refractivity contribution in [1.82, 2.24) is 0 Å². The molecule has 0 spiro atoms. The van der Waals surface area contributed by atoms with Crippen molar-refractivity contribution in [2.45, 2.75) is 12.5 Å². The summed E-state index contributed by atoms with van der Waals surface area (Å²) in [6, 6.07) is 12.7. The van der Waals surface area contributed by atoms with Gasteiger partial charge in [0, 0.05) is 12.0 Å². The molecule has 1 aliphatic heterocycles. The number of rotatable bonds is 2. The molecule has 0 bridgehead atoms. The van der Waals surface area contributed by atoms with Crippen LogP contribution in [0.4, 0.5) is 0 Å². The fourth-order valence-corrected chi connectivity index (χ4v) is 2.59. The molecule has 0 amide bonds. The van der Waals surface area contributed by atoms with Gasteiger partial charge >= 0.3 is 0 Å². The van der Waals surface area contributed by atoms with Crippen molar-refractivity contribution >= 4 is 29.0 Å². The van der Waals surface area contributed by atoms with E-state index in [0.29, 0.717) is 17.0 Å². The van der Waals surface area contributed by atoms with Crippen LogP contribution in [0, 0.1) is 0 Å². The van der Waals surface area contributed by atoms with Gasteiger partial charge in [0.05, 0.1) is 10.0 Å². The molecule has 0 fully saturated rings. The number of halogens is 2. The lowest BCUT2D eigenvalue weighted by atomic mass is 10.0. The summed E-state index contributed by atoms with van der Waals surface area (Å²) in [5.74, 6) is 0.628. The minimum absolute atomic E-state index is 0.135. The van der Waals surface area contributed by atoms with Crippen LogP contribution >= 0.6 is 23.2 Å². The van der Waals surface area contributed by atoms with Crippen molar-refractivity contribution in [2.75, 3.05) is 0 Å². The molecule has 2 aromatic carbocycles. The average Bonchev–Trinajstić information content (AvgIpc) is 2.85. The fourth-order valence-electron chi connectivity index (χ4n) is 2.20. The predicted molar refractivity (Wildman–Crippen MR) is 75.4 cm³/mol. The molecule has 1 unspecified atom stereocenters. The quantitative estimate of drug-likeness (QED) is 0.776. The summed E-state index contributed by atoms with van der Waals surface area (Å²) in [5, 5.41) is 0.664. The predicted octanol–water partition coefficient (Wildman–Crippen LogP) is 4.18. The van der Waals surface area contributed by atoms with Crippen molar-refractivity contribution in [3.8, 4) is 5.75 Å². The van der Waals surface area contributed by atoms with E-state index >= 15 is 0 Å². The molecule has 1 aliphatic rings. The Balaban J connectivity index is 1.89. The minimum Gasteiger partial charge on any atom is -0.482 e. The second-order valence-corrected chi connectivity index (χ2v) is 5.17. The van der Waals surface area contributed by atoms with Gasteiger partial charge in [-0.3, -0.25) is 4.79 Å². The van der Waals surface area contributed by atoms with Crippen LogP contribution < -0.4 is 4.74 Å². The third kappa shape index (κ3) is 2.22. The van der Waals surface area contributed by atoms with Gasteiger partial charge in [-0.25, -0.2) is 0 Å². The highest BCUT2D eigenvalue weighted by atomic mass is 35.5. The smallest absolute Gasteiger partial charge is 0.205 e. The highest BCUT2D eigenvalue weighted by Gasteiger charge is 2.30. The fraction of sp³-hybridized carbons (Fsp3) is 0.133. The highest BCUT2D eigenvalue weighted by Crippen LogP contribution is 2.32. The van der Waals surface area contributed by atoms with Crippen LogP contribution in [0.25, 0.3) is 0 Å². The van der Waals surface area contributed by atoms with Crippen LogP contribution in [0.15, 0.2) is 42.5 Å². The molecule has 0 N–H and O–H groups in total. The summed E-state index contributed by atoms with van der Waals surface area (Å²) < 4.78 is 5.67. The van der Waals surface area contributed by atoms with E-state index in [1.165, 1.54) is 0 Å². The number of hydrogen-bond donors (Lipinski definition) is 0. The van der Waals surface area contributed by atoms with E-state index in [1.54, 1.807) is 18.2 Å². The van der Waals surface area contributed by atoms with Gasteiger partial charge in [-0.1, -0.05) is 47.5 Å². The standard InChI is InChI=1S/C15H10Cl2O2/c16-11-6-3-5-10(14(11)17)15(18)13-8-9-4-1-2-7-12(9)19-13/h1-7,13H,8H2. The lowest BCUT2D eigenvalue weighted by Crippen LogP contribution is -2.25. The van der Waals surface area contributed by atoms with Crippen LogP contribution in [0.3, 0.4) is 0 Å². The first-order valence-corrected chi connectivity index (χ1v) is 6.65. The van der Waals surface area contributed by atoms with Crippen LogP contribution in [0.2, 0.25) is 10.0 Å². The molecule has 0 aromatic heterocycles. The first-order chi connectivity index (χ1) is 9.16. The molecule has 2 aromatic rings. The Labute approximate surface area is 120 Å². The van der Waals surface area contributed by atoms with E-state index in [9.17, 15) is 4.79 Å². The zero-order chi connectivity index (χ0) is 13.4. The topological polar surface area (TPSA) is 26.3 Å². The normalized spacial score (nSPS) is 16.8. The van der Waals surface area contributed by atoms with E-state index in [2.05, 4.69) is 0 Å². The summed E-state index contributed by atoms with van der Waals surface area (Å²) in [7, 11) is 0. The first kappa shape index (κ1) is 12.5. The molecule has 0 radical (unpaired) electrons. The van der Waals surface area contributed by atoms with Crippen LogP contribution in [0.1, 0.15) is 15.9 Å². The SMILES string of the molecule is O=C(c1cccc(Cl)c1Cl)C1Cc2ccccc2O1. The van der Waals surface area contributed by atoms with Crippen molar-refractivity contribution in [3.63, 3.8) is 0 Å². The van der Waals surface area contributed by atoms with E-state index in [4.69, 9.17) is 27.9 Å². The molecule has 1 heterocycles. The molecule has 4 heteroatoms. The molecule has 1 atom stereocenters. The van der Waals surface area contributed by atoms with Gasteiger partial charge in [0.15, 0.2) is 6.10 Å².